The first-order valence-electron chi connectivity index (χ1n) is 5.79. The summed E-state index contributed by atoms with van der Waals surface area (Å²) >= 11 is 12.1. The monoisotopic (exact) mass is 299 g/mol. The van der Waals surface area contributed by atoms with Crippen LogP contribution in [-0.4, -0.2) is 21.9 Å². The number of pyridine rings is 1. The van der Waals surface area contributed by atoms with Gasteiger partial charge in [0.1, 0.15) is 0 Å². The summed E-state index contributed by atoms with van der Waals surface area (Å²) in [6.07, 6.45) is 1.55. The molecule has 2 rings (SSSR count). The van der Waals surface area contributed by atoms with Gasteiger partial charge in [0.15, 0.2) is 5.82 Å². The SMILES string of the molecule is COc1cc(C(C)(C)C)n(-c2ncc(Cl)cc2Cl)n1. The molecule has 0 fully saturated rings. The number of aromatic nitrogens is 3. The molecule has 0 unspecified atom stereocenters. The molecule has 0 amide bonds. The van der Waals surface area contributed by atoms with Gasteiger partial charge in [0.25, 0.3) is 0 Å². The molecule has 0 aliphatic rings. The molecule has 6 heteroatoms. The maximum atomic E-state index is 6.19. The van der Waals surface area contributed by atoms with E-state index in [1.54, 1.807) is 24.1 Å². The Bertz CT molecular complexity index is 602. The normalized spacial score (nSPS) is 11.7. The quantitative estimate of drug-likeness (QED) is 0.845. The Hall–Kier alpha value is -1.26. The second-order valence-electron chi connectivity index (χ2n) is 5.19. The van der Waals surface area contributed by atoms with E-state index in [1.807, 2.05) is 6.07 Å². The molecule has 0 atom stereocenters. The van der Waals surface area contributed by atoms with Crippen LogP contribution in [0.5, 0.6) is 5.88 Å². The van der Waals surface area contributed by atoms with Crippen LogP contribution in [0.2, 0.25) is 10.0 Å². The van der Waals surface area contributed by atoms with E-state index >= 15 is 0 Å². The highest BCUT2D eigenvalue weighted by Crippen LogP contribution is 2.30. The summed E-state index contributed by atoms with van der Waals surface area (Å²) in [5, 5.41) is 5.30. The molecule has 0 aliphatic carbocycles. The summed E-state index contributed by atoms with van der Waals surface area (Å²) in [5.74, 6) is 1.07. The van der Waals surface area contributed by atoms with Gasteiger partial charge in [0.05, 0.1) is 22.8 Å². The first-order chi connectivity index (χ1) is 8.82. The fraction of sp³-hybridized carbons (Fsp3) is 0.385. The van der Waals surface area contributed by atoms with Gasteiger partial charge in [-0.3, -0.25) is 0 Å². The fourth-order valence-electron chi connectivity index (χ4n) is 1.72. The van der Waals surface area contributed by atoms with Gasteiger partial charge in [-0.15, -0.1) is 5.10 Å². The lowest BCUT2D eigenvalue weighted by atomic mass is 9.92. The molecule has 19 heavy (non-hydrogen) atoms. The van der Waals surface area contributed by atoms with Crippen molar-refractivity contribution in [2.24, 2.45) is 0 Å². The van der Waals surface area contributed by atoms with Crippen LogP contribution < -0.4 is 4.74 Å². The Kier molecular flexibility index (Phi) is 3.74. The molecule has 2 aromatic rings. The van der Waals surface area contributed by atoms with Gasteiger partial charge in [-0.05, 0) is 6.07 Å². The van der Waals surface area contributed by atoms with Crippen LogP contribution in [-0.2, 0) is 5.41 Å². The van der Waals surface area contributed by atoms with Crippen molar-refractivity contribution in [1.29, 1.82) is 0 Å². The topological polar surface area (TPSA) is 39.9 Å². The number of methoxy groups -OCH3 is 1. The van der Waals surface area contributed by atoms with Crippen LogP contribution in [0.1, 0.15) is 26.5 Å². The van der Waals surface area contributed by atoms with Crippen LogP contribution in [0.3, 0.4) is 0 Å². The van der Waals surface area contributed by atoms with Gasteiger partial charge in [-0.25, -0.2) is 9.67 Å². The number of hydrogen-bond acceptors (Lipinski definition) is 3. The Morgan fingerprint density at radius 2 is 1.89 bits per heavy atom. The third kappa shape index (κ3) is 2.85. The average molecular weight is 300 g/mol. The lowest BCUT2D eigenvalue weighted by Gasteiger charge is -2.19. The van der Waals surface area contributed by atoms with Crippen molar-refractivity contribution >= 4 is 23.2 Å². The second kappa shape index (κ2) is 5.02. The van der Waals surface area contributed by atoms with E-state index in [9.17, 15) is 0 Å². The van der Waals surface area contributed by atoms with Gasteiger partial charge in [-0.1, -0.05) is 44.0 Å². The van der Waals surface area contributed by atoms with Gasteiger partial charge < -0.3 is 4.74 Å². The van der Waals surface area contributed by atoms with Gasteiger partial charge in [0, 0.05) is 17.7 Å². The zero-order valence-corrected chi connectivity index (χ0v) is 12.7. The van der Waals surface area contributed by atoms with Crippen molar-refractivity contribution in [3.63, 3.8) is 0 Å². The Balaban J connectivity index is 2.64. The van der Waals surface area contributed by atoms with E-state index in [1.165, 1.54) is 0 Å². The zero-order chi connectivity index (χ0) is 14.2. The van der Waals surface area contributed by atoms with Crippen molar-refractivity contribution in [2.45, 2.75) is 26.2 Å². The van der Waals surface area contributed by atoms with E-state index in [0.29, 0.717) is 21.7 Å². The first-order valence-corrected chi connectivity index (χ1v) is 6.54. The number of ether oxygens (including phenoxy) is 1. The van der Waals surface area contributed by atoms with Crippen molar-refractivity contribution in [3.8, 4) is 11.7 Å². The van der Waals surface area contributed by atoms with E-state index in [0.717, 1.165) is 5.69 Å². The lowest BCUT2D eigenvalue weighted by molar-refractivity contribution is 0.394. The van der Waals surface area contributed by atoms with E-state index in [4.69, 9.17) is 27.9 Å². The van der Waals surface area contributed by atoms with Crippen molar-refractivity contribution in [3.05, 3.63) is 34.1 Å². The molecule has 0 saturated heterocycles. The highest BCUT2D eigenvalue weighted by atomic mass is 35.5. The van der Waals surface area contributed by atoms with Crippen molar-refractivity contribution < 1.29 is 4.74 Å². The molecule has 2 heterocycles. The van der Waals surface area contributed by atoms with E-state index in [-0.39, 0.29) is 5.41 Å². The van der Waals surface area contributed by atoms with Crippen LogP contribution in [0, 0.1) is 0 Å². The largest absolute Gasteiger partial charge is 0.480 e. The Labute approximate surface area is 122 Å². The molecule has 0 aliphatic heterocycles. The predicted molar refractivity (Wildman–Crippen MR) is 76.6 cm³/mol. The highest BCUT2D eigenvalue weighted by Gasteiger charge is 2.24. The van der Waals surface area contributed by atoms with Gasteiger partial charge >= 0.3 is 0 Å². The summed E-state index contributed by atoms with van der Waals surface area (Å²) in [6, 6.07) is 3.53. The fourth-order valence-corrected chi connectivity index (χ4v) is 2.18. The van der Waals surface area contributed by atoms with Crippen molar-refractivity contribution in [1.82, 2.24) is 14.8 Å². The average Bonchev–Trinajstić information content (AvgIpc) is 2.72. The van der Waals surface area contributed by atoms with Crippen molar-refractivity contribution in [2.75, 3.05) is 7.11 Å². The summed E-state index contributed by atoms with van der Waals surface area (Å²) < 4.78 is 6.88. The summed E-state index contributed by atoms with van der Waals surface area (Å²) in [7, 11) is 1.58. The third-order valence-corrected chi connectivity index (χ3v) is 3.14. The minimum Gasteiger partial charge on any atom is -0.480 e. The smallest absolute Gasteiger partial charge is 0.233 e. The van der Waals surface area contributed by atoms with E-state index < -0.39 is 0 Å². The standard InChI is InChI=1S/C13H15Cl2N3O/c1-13(2,3)10-6-11(19-4)17-18(10)12-9(15)5-8(14)7-16-12/h5-7H,1-4H3. The van der Waals surface area contributed by atoms with Crippen LogP contribution in [0.15, 0.2) is 18.3 Å². The molecule has 0 aromatic carbocycles. The second-order valence-corrected chi connectivity index (χ2v) is 6.04. The highest BCUT2D eigenvalue weighted by molar-refractivity contribution is 6.35. The van der Waals surface area contributed by atoms with Crippen LogP contribution >= 0.6 is 23.2 Å². The van der Waals surface area contributed by atoms with Gasteiger partial charge in [0.2, 0.25) is 5.88 Å². The molecule has 0 spiro atoms. The number of halogens is 2. The number of nitrogens with zero attached hydrogens (tertiary/aromatic N) is 3. The summed E-state index contributed by atoms with van der Waals surface area (Å²) in [6.45, 7) is 6.26. The first kappa shape index (κ1) is 14.2. The van der Waals surface area contributed by atoms with Crippen LogP contribution in [0.4, 0.5) is 0 Å². The minimum atomic E-state index is -0.117. The molecule has 4 nitrogen and oxygen atoms in total. The molecule has 0 bridgehead atoms. The number of rotatable bonds is 2. The molecular formula is C13H15Cl2N3O. The lowest BCUT2D eigenvalue weighted by Crippen LogP contribution is -2.18. The maximum absolute atomic E-state index is 6.19. The summed E-state index contributed by atoms with van der Waals surface area (Å²) in [5.41, 5.74) is 0.843. The Morgan fingerprint density at radius 3 is 2.42 bits per heavy atom. The molecule has 0 N–H and O–H groups in total. The third-order valence-electron chi connectivity index (χ3n) is 2.65. The minimum absolute atomic E-state index is 0.117. The Morgan fingerprint density at radius 1 is 1.21 bits per heavy atom. The van der Waals surface area contributed by atoms with E-state index in [2.05, 4.69) is 30.9 Å². The molecule has 2 aromatic heterocycles. The van der Waals surface area contributed by atoms with Gasteiger partial charge in [-0.2, -0.15) is 0 Å². The molecule has 102 valence electrons. The number of hydrogen-bond donors (Lipinski definition) is 0. The summed E-state index contributed by atoms with van der Waals surface area (Å²) in [4.78, 5) is 4.25. The maximum Gasteiger partial charge on any atom is 0.233 e. The molecule has 0 radical (unpaired) electrons. The zero-order valence-electron chi connectivity index (χ0n) is 11.2. The van der Waals surface area contributed by atoms with Crippen LogP contribution in [0.25, 0.3) is 5.82 Å². The molecular weight excluding hydrogens is 285 g/mol. The predicted octanol–water partition coefficient (Wildman–Crippen LogP) is 3.88. The molecule has 0 saturated carbocycles.